The molecular formula is C9H19Cl. The lowest BCUT2D eigenvalue weighted by molar-refractivity contribution is 0.279. The maximum absolute atomic E-state index is 5.67. The van der Waals surface area contributed by atoms with Crippen LogP contribution in [0.15, 0.2) is 0 Å². The van der Waals surface area contributed by atoms with Crippen LogP contribution in [0.3, 0.4) is 0 Å². The summed E-state index contributed by atoms with van der Waals surface area (Å²) >= 11 is 5.67. The van der Waals surface area contributed by atoms with Gasteiger partial charge in [0.1, 0.15) is 0 Å². The van der Waals surface area contributed by atoms with Crippen molar-refractivity contribution in [3.8, 4) is 0 Å². The molecule has 0 amide bonds. The van der Waals surface area contributed by atoms with E-state index in [1.807, 2.05) is 0 Å². The molecule has 0 radical (unpaired) electrons. The quantitative estimate of drug-likeness (QED) is 0.554. The van der Waals surface area contributed by atoms with Crippen LogP contribution in [0.25, 0.3) is 0 Å². The molecule has 0 aromatic heterocycles. The van der Waals surface area contributed by atoms with Crippen LogP contribution in [-0.2, 0) is 0 Å². The molecule has 0 atom stereocenters. The van der Waals surface area contributed by atoms with Gasteiger partial charge in [0.15, 0.2) is 0 Å². The van der Waals surface area contributed by atoms with E-state index in [2.05, 4.69) is 27.7 Å². The van der Waals surface area contributed by atoms with E-state index in [9.17, 15) is 0 Å². The lowest BCUT2D eigenvalue weighted by Crippen LogP contribution is -2.14. The minimum Gasteiger partial charge on any atom is -0.127 e. The summed E-state index contributed by atoms with van der Waals surface area (Å²) in [6.45, 7) is 9.09. The highest BCUT2D eigenvalue weighted by Gasteiger charge is 2.17. The van der Waals surface area contributed by atoms with Gasteiger partial charge in [-0.25, -0.2) is 0 Å². The van der Waals surface area contributed by atoms with Gasteiger partial charge in [0.25, 0.3) is 0 Å². The Labute approximate surface area is 70.0 Å². The summed E-state index contributed by atoms with van der Waals surface area (Å²) in [5.41, 5.74) is 0.440. The zero-order valence-corrected chi connectivity index (χ0v) is 8.33. The monoisotopic (exact) mass is 162 g/mol. The van der Waals surface area contributed by atoms with Crippen molar-refractivity contribution in [2.45, 2.75) is 40.5 Å². The van der Waals surface area contributed by atoms with E-state index in [-0.39, 0.29) is 0 Å². The Morgan fingerprint density at radius 1 is 1.30 bits per heavy atom. The normalized spacial score (nSPS) is 12.6. The van der Waals surface area contributed by atoms with Crippen molar-refractivity contribution in [1.82, 2.24) is 0 Å². The summed E-state index contributed by atoms with van der Waals surface area (Å²) in [6, 6.07) is 0. The lowest BCUT2D eigenvalue weighted by atomic mass is 9.82. The first-order valence-electron chi connectivity index (χ1n) is 4.04. The summed E-state index contributed by atoms with van der Waals surface area (Å²) in [7, 11) is 0. The van der Waals surface area contributed by atoms with Crippen LogP contribution in [0.2, 0.25) is 0 Å². The van der Waals surface area contributed by atoms with E-state index in [0.717, 1.165) is 18.2 Å². The highest BCUT2D eigenvalue weighted by molar-refractivity contribution is 6.17. The van der Waals surface area contributed by atoms with Crippen molar-refractivity contribution in [3.63, 3.8) is 0 Å². The molecule has 0 aliphatic heterocycles. The number of hydrogen-bond acceptors (Lipinski definition) is 0. The second kappa shape index (κ2) is 4.23. The SMILES string of the molecule is CC(C)CC(C)(C)CCCl. The standard InChI is InChI=1S/C9H19Cl/c1-8(2)7-9(3,4)5-6-10/h8H,5-7H2,1-4H3. The molecule has 0 bridgehead atoms. The highest BCUT2D eigenvalue weighted by Crippen LogP contribution is 2.29. The molecule has 0 saturated carbocycles. The van der Waals surface area contributed by atoms with Crippen LogP contribution in [0.5, 0.6) is 0 Å². The summed E-state index contributed by atoms with van der Waals surface area (Å²) in [6.07, 6.45) is 2.41. The van der Waals surface area contributed by atoms with Crippen molar-refractivity contribution >= 4 is 11.6 Å². The van der Waals surface area contributed by atoms with Crippen LogP contribution in [0.1, 0.15) is 40.5 Å². The Balaban J connectivity index is 3.63. The average molecular weight is 163 g/mol. The van der Waals surface area contributed by atoms with Crippen LogP contribution in [0.4, 0.5) is 0 Å². The van der Waals surface area contributed by atoms with Crippen molar-refractivity contribution < 1.29 is 0 Å². The fraction of sp³-hybridized carbons (Fsp3) is 1.00. The predicted molar refractivity (Wildman–Crippen MR) is 48.6 cm³/mol. The van der Waals surface area contributed by atoms with Crippen LogP contribution >= 0.6 is 11.6 Å². The van der Waals surface area contributed by atoms with Crippen LogP contribution in [-0.4, -0.2) is 5.88 Å². The topological polar surface area (TPSA) is 0 Å². The van der Waals surface area contributed by atoms with E-state index in [0.29, 0.717) is 5.41 Å². The number of rotatable bonds is 4. The second-order valence-corrected chi connectivity index (χ2v) is 4.58. The van der Waals surface area contributed by atoms with Crippen molar-refractivity contribution in [1.29, 1.82) is 0 Å². The van der Waals surface area contributed by atoms with E-state index in [4.69, 9.17) is 11.6 Å². The Morgan fingerprint density at radius 2 is 1.80 bits per heavy atom. The summed E-state index contributed by atoms with van der Waals surface area (Å²) in [5.74, 6) is 1.58. The molecule has 1 heteroatoms. The molecule has 10 heavy (non-hydrogen) atoms. The number of alkyl halides is 1. The molecular weight excluding hydrogens is 144 g/mol. The van der Waals surface area contributed by atoms with Gasteiger partial charge < -0.3 is 0 Å². The average Bonchev–Trinajstić information content (AvgIpc) is 1.59. The molecule has 0 nitrogen and oxygen atoms in total. The van der Waals surface area contributed by atoms with Crippen LogP contribution < -0.4 is 0 Å². The Kier molecular flexibility index (Phi) is 4.35. The fourth-order valence-electron chi connectivity index (χ4n) is 1.46. The largest absolute Gasteiger partial charge is 0.127 e. The zero-order valence-electron chi connectivity index (χ0n) is 7.58. The molecule has 0 fully saturated rings. The molecule has 0 rings (SSSR count). The fourth-order valence-corrected chi connectivity index (χ4v) is 1.97. The van der Waals surface area contributed by atoms with E-state index in [1.165, 1.54) is 6.42 Å². The number of halogens is 1. The van der Waals surface area contributed by atoms with Gasteiger partial charge in [0.05, 0.1) is 0 Å². The molecule has 0 heterocycles. The molecule has 0 aliphatic rings. The second-order valence-electron chi connectivity index (χ2n) is 4.20. The lowest BCUT2D eigenvalue weighted by Gasteiger charge is -2.25. The van der Waals surface area contributed by atoms with Crippen molar-refractivity contribution in [3.05, 3.63) is 0 Å². The summed E-state index contributed by atoms with van der Waals surface area (Å²) in [5, 5.41) is 0. The Hall–Kier alpha value is 0.290. The van der Waals surface area contributed by atoms with Gasteiger partial charge >= 0.3 is 0 Å². The predicted octanol–water partition coefficient (Wildman–Crippen LogP) is 3.69. The number of hydrogen-bond donors (Lipinski definition) is 0. The van der Waals surface area contributed by atoms with Gasteiger partial charge in [-0.2, -0.15) is 0 Å². The first kappa shape index (κ1) is 10.3. The molecule has 0 unspecified atom stereocenters. The molecule has 0 N–H and O–H groups in total. The third-order valence-corrected chi connectivity index (χ3v) is 1.92. The minimum atomic E-state index is 0.440. The van der Waals surface area contributed by atoms with Crippen molar-refractivity contribution in [2.24, 2.45) is 11.3 Å². The van der Waals surface area contributed by atoms with Gasteiger partial charge in [-0.1, -0.05) is 27.7 Å². The van der Waals surface area contributed by atoms with Gasteiger partial charge in [0, 0.05) is 5.88 Å². The highest BCUT2D eigenvalue weighted by atomic mass is 35.5. The molecule has 0 aliphatic carbocycles. The third kappa shape index (κ3) is 5.10. The van der Waals surface area contributed by atoms with Crippen molar-refractivity contribution in [2.75, 3.05) is 5.88 Å². The van der Waals surface area contributed by atoms with Gasteiger partial charge in [0.2, 0.25) is 0 Å². The van der Waals surface area contributed by atoms with Crippen LogP contribution in [0, 0.1) is 11.3 Å². The molecule has 0 aromatic rings. The molecule has 0 spiro atoms. The smallest absolute Gasteiger partial charge is 0.0228 e. The van der Waals surface area contributed by atoms with E-state index >= 15 is 0 Å². The third-order valence-electron chi connectivity index (χ3n) is 1.73. The van der Waals surface area contributed by atoms with Gasteiger partial charge in [-0.05, 0) is 24.2 Å². The van der Waals surface area contributed by atoms with Gasteiger partial charge in [-0.3, -0.25) is 0 Å². The maximum Gasteiger partial charge on any atom is 0.0228 e. The summed E-state index contributed by atoms with van der Waals surface area (Å²) < 4.78 is 0. The molecule has 0 aromatic carbocycles. The van der Waals surface area contributed by atoms with E-state index in [1.54, 1.807) is 0 Å². The van der Waals surface area contributed by atoms with E-state index < -0.39 is 0 Å². The Morgan fingerprint density at radius 3 is 2.10 bits per heavy atom. The van der Waals surface area contributed by atoms with Gasteiger partial charge in [-0.15, -0.1) is 11.6 Å². The Bertz CT molecular complexity index is 84.7. The first-order valence-corrected chi connectivity index (χ1v) is 4.57. The molecule has 62 valence electrons. The first-order chi connectivity index (χ1) is 4.48. The molecule has 0 saturated heterocycles. The minimum absolute atomic E-state index is 0.440. The summed E-state index contributed by atoms with van der Waals surface area (Å²) in [4.78, 5) is 0. The maximum atomic E-state index is 5.67. The zero-order chi connectivity index (χ0) is 8.20.